The zero-order valence-corrected chi connectivity index (χ0v) is 40.4. The lowest BCUT2D eigenvalue weighted by Crippen LogP contribution is -2.69. The molecule has 372 valence electrons. The monoisotopic (exact) mass is 958 g/mol. The Morgan fingerprint density at radius 1 is 0.612 bits per heavy atom. The number of esters is 1. The van der Waals surface area contributed by atoms with Crippen LogP contribution in [0, 0.1) is 0 Å². The molecular weight excluding hydrogens is 889 g/mol. The minimum Gasteiger partial charge on any atom is -0.497 e. The molecule has 0 spiro atoms. The third-order valence-electron chi connectivity index (χ3n) is 12.8. The number of hydrogen-bond acceptors (Lipinski definition) is 17. The van der Waals surface area contributed by atoms with Crippen molar-refractivity contribution in [3.05, 3.63) is 90.5 Å². The van der Waals surface area contributed by atoms with Gasteiger partial charge in [-0.05, 0) is 59.8 Å². The van der Waals surface area contributed by atoms with Crippen LogP contribution in [0.3, 0.4) is 0 Å². The molecule has 0 amide bonds. The smallest absolute Gasteiger partial charge is 0.305 e. The zero-order valence-electron chi connectivity index (χ0n) is 39.4. The van der Waals surface area contributed by atoms with Crippen molar-refractivity contribution in [1.29, 1.82) is 0 Å². The van der Waals surface area contributed by atoms with Crippen LogP contribution >= 0.6 is 0 Å². The van der Waals surface area contributed by atoms with Crippen molar-refractivity contribution in [2.75, 3.05) is 27.4 Å². The topological polar surface area (TPSA) is 231 Å². The summed E-state index contributed by atoms with van der Waals surface area (Å²) in [5, 5.41) is 67.4. The van der Waals surface area contributed by atoms with Crippen LogP contribution in [0.4, 0.5) is 0 Å². The summed E-state index contributed by atoms with van der Waals surface area (Å²) in [5.74, 6) is 0.294. The highest BCUT2D eigenvalue weighted by atomic mass is 28.4. The molecule has 3 aliphatic heterocycles. The Labute approximate surface area is 393 Å². The highest BCUT2D eigenvalue weighted by molar-refractivity contribution is 6.99. The molecule has 3 aromatic carbocycles. The fourth-order valence-corrected chi connectivity index (χ4v) is 13.5. The lowest BCUT2D eigenvalue weighted by Gasteiger charge is -2.51. The Kier molecular flexibility index (Phi) is 18.9. The Bertz CT molecular complexity index is 1900. The van der Waals surface area contributed by atoms with E-state index in [9.17, 15) is 35.4 Å². The average molecular weight is 959 g/mol. The van der Waals surface area contributed by atoms with E-state index in [-0.39, 0.29) is 32.2 Å². The van der Waals surface area contributed by atoms with E-state index in [2.05, 4.69) is 45.0 Å². The van der Waals surface area contributed by atoms with Crippen LogP contribution in [0.1, 0.15) is 65.9 Å². The first-order valence-electron chi connectivity index (χ1n) is 23.0. The molecule has 15 atom stereocenters. The van der Waals surface area contributed by atoms with Gasteiger partial charge in [0.25, 0.3) is 8.32 Å². The van der Waals surface area contributed by atoms with Crippen LogP contribution < -0.4 is 15.1 Å². The molecule has 3 saturated heterocycles. The fraction of sp³-hybridized carbons (Fsp3) is 0.612. The standard InChI is InChI=1S/C49H70O17Si/c1-29-37(51)39(53)41(55)46(62-29)65-43-35(28-61-67(49(3,4)5,33-17-11-8-12-18-33)34-19-13-9-14-20-34)64-48(59-26-16-10-15-21-36(50)58-7)45(66-47-42(56)40(54)38(52)30(2)63-47)44(43)60-27-31-22-24-32(57-6)25-23-31/h8-9,11-14,17-20,22-25,29-30,35,37-48,51-56H,10,15-16,21,26-28H2,1-7H3/t29-,30-,35+,37+,38+,39+,40+,41-,42-,43-,44-,45+,46+,47-,48+/m0/s1. The van der Waals surface area contributed by atoms with E-state index in [1.54, 1.807) is 26.2 Å². The summed E-state index contributed by atoms with van der Waals surface area (Å²) in [6.45, 7) is 9.39. The van der Waals surface area contributed by atoms with Crippen molar-refractivity contribution in [3.63, 3.8) is 0 Å². The van der Waals surface area contributed by atoms with Gasteiger partial charge in [-0.15, -0.1) is 0 Å². The van der Waals surface area contributed by atoms with Gasteiger partial charge in [-0.1, -0.05) is 100.0 Å². The number of hydrogen-bond donors (Lipinski definition) is 6. The molecule has 0 aliphatic carbocycles. The number of ether oxygens (including phenoxy) is 9. The molecule has 0 bridgehead atoms. The first-order valence-corrected chi connectivity index (χ1v) is 24.9. The SMILES string of the molecule is COC(=O)CCCCCO[C@@H]1O[C@H](CO[Si](c2ccccc2)(c2ccccc2)C(C)(C)C)[C@H](O[C@H]2O[C@@H](C)[C@@H](O)[C@@H](O)[C@@H]2O)[C@H](OCc2ccc(OC)cc2)[C@H]1O[C@@H]1O[C@@H](C)[C@@H](O)[C@@H](O)[C@@H]1O. The number of benzene rings is 3. The predicted molar refractivity (Wildman–Crippen MR) is 245 cm³/mol. The lowest BCUT2D eigenvalue weighted by molar-refractivity contribution is -0.388. The van der Waals surface area contributed by atoms with E-state index in [1.807, 2.05) is 48.5 Å². The average Bonchev–Trinajstić information content (AvgIpc) is 3.33. The number of aliphatic hydroxyl groups excluding tert-OH is 6. The van der Waals surface area contributed by atoms with Gasteiger partial charge in [0.15, 0.2) is 18.9 Å². The molecule has 6 rings (SSSR count). The number of unbranched alkanes of at least 4 members (excludes halogenated alkanes) is 2. The number of rotatable bonds is 20. The summed E-state index contributed by atoms with van der Waals surface area (Å²) in [4.78, 5) is 11.9. The summed E-state index contributed by atoms with van der Waals surface area (Å²) in [6, 6.07) is 27.2. The lowest BCUT2D eigenvalue weighted by atomic mass is 9.96. The van der Waals surface area contributed by atoms with E-state index < -0.39 is 105 Å². The third kappa shape index (κ3) is 12.5. The molecule has 18 heteroatoms. The highest BCUT2D eigenvalue weighted by Gasteiger charge is 2.57. The van der Waals surface area contributed by atoms with Crippen molar-refractivity contribution < 1.29 is 82.5 Å². The number of carbonyl (C=O) groups excluding carboxylic acids is 1. The largest absolute Gasteiger partial charge is 0.497 e. The summed E-state index contributed by atoms with van der Waals surface area (Å²) < 4.78 is 63.3. The highest BCUT2D eigenvalue weighted by Crippen LogP contribution is 2.40. The maximum atomic E-state index is 11.9. The van der Waals surface area contributed by atoms with Crippen LogP contribution in [0.15, 0.2) is 84.9 Å². The number of carbonyl (C=O) groups is 1. The molecule has 3 aromatic rings. The van der Waals surface area contributed by atoms with Gasteiger partial charge in [0.1, 0.15) is 66.8 Å². The van der Waals surface area contributed by atoms with Gasteiger partial charge < -0.3 is 77.7 Å². The van der Waals surface area contributed by atoms with Gasteiger partial charge in [-0.25, -0.2) is 0 Å². The molecule has 0 aromatic heterocycles. The van der Waals surface area contributed by atoms with Crippen molar-refractivity contribution in [3.8, 4) is 5.75 Å². The molecule has 67 heavy (non-hydrogen) atoms. The Hall–Kier alpha value is -3.41. The van der Waals surface area contributed by atoms with Crippen molar-refractivity contribution in [1.82, 2.24) is 0 Å². The van der Waals surface area contributed by atoms with Gasteiger partial charge in [-0.2, -0.15) is 0 Å². The second kappa shape index (κ2) is 23.9. The van der Waals surface area contributed by atoms with Crippen LogP contribution in [-0.2, 0) is 53.7 Å². The van der Waals surface area contributed by atoms with E-state index in [4.69, 9.17) is 47.1 Å². The predicted octanol–water partition coefficient (Wildman–Crippen LogP) is 2.06. The minimum absolute atomic E-state index is 0.0471. The molecule has 0 saturated carbocycles. The van der Waals surface area contributed by atoms with Gasteiger partial charge in [0.05, 0.1) is 39.6 Å². The second-order valence-electron chi connectivity index (χ2n) is 18.5. The van der Waals surface area contributed by atoms with Gasteiger partial charge in [-0.3, -0.25) is 4.79 Å². The van der Waals surface area contributed by atoms with Crippen molar-refractivity contribution in [2.45, 2.75) is 164 Å². The second-order valence-corrected chi connectivity index (χ2v) is 22.8. The molecule has 6 N–H and O–H groups in total. The zero-order chi connectivity index (χ0) is 48.5. The Morgan fingerprint density at radius 2 is 1.15 bits per heavy atom. The maximum absolute atomic E-state index is 11.9. The molecule has 3 aliphatic rings. The van der Waals surface area contributed by atoms with Crippen LogP contribution in [0.5, 0.6) is 5.75 Å². The van der Waals surface area contributed by atoms with Crippen LogP contribution in [-0.4, -0.2) is 164 Å². The minimum atomic E-state index is -3.28. The maximum Gasteiger partial charge on any atom is 0.305 e. The van der Waals surface area contributed by atoms with E-state index in [0.717, 1.165) is 15.9 Å². The first-order chi connectivity index (χ1) is 32.0. The summed E-state index contributed by atoms with van der Waals surface area (Å²) in [6.07, 6.45) is -19.0. The molecule has 3 fully saturated rings. The van der Waals surface area contributed by atoms with Crippen LogP contribution in [0.25, 0.3) is 0 Å². The quantitative estimate of drug-likeness (QED) is 0.0541. The molecule has 3 heterocycles. The molecule has 0 radical (unpaired) electrons. The Balaban J connectivity index is 1.45. The number of methoxy groups -OCH3 is 2. The third-order valence-corrected chi connectivity index (χ3v) is 17.8. The molecule has 17 nitrogen and oxygen atoms in total. The van der Waals surface area contributed by atoms with Crippen molar-refractivity contribution >= 4 is 24.7 Å². The van der Waals surface area contributed by atoms with Gasteiger partial charge in [0, 0.05) is 13.0 Å². The van der Waals surface area contributed by atoms with Crippen molar-refractivity contribution in [2.24, 2.45) is 0 Å². The van der Waals surface area contributed by atoms with E-state index >= 15 is 0 Å². The Morgan fingerprint density at radius 3 is 1.66 bits per heavy atom. The van der Waals surface area contributed by atoms with Gasteiger partial charge in [0.2, 0.25) is 0 Å². The van der Waals surface area contributed by atoms with E-state index in [0.29, 0.717) is 25.0 Å². The normalized spacial score (nSPS) is 32.7. The number of aliphatic hydroxyl groups is 6. The fourth-order valence-electron chi connectivity index (χ4n) is 8.94. The summed E-state index contributed by atoms with van der Waals surface area (Å²) >= 11 is 0. The van der Waals surface area contributed by atoms with E-state index in [1.165, 1.54) is 14.0 Å². The molecular formula is C49H70O17Si. The molecule has 0 unspecified atom stereocenters. The summed E-state index contributed by atoms with van der Waals surface area (Å²) in [7, 11) is -0.380. The van der Waals surface area contributed by atoms with Crippen LogP contribution in [0.2, 0.25) is 5.04 Å². The van der Waals surface area contributed by atoms with Gasteiger partial charge >= 0.3 is 5.97 Å². The first kappa shape index (κ1) is 52.9. The summed E-state index contributed by atoms with van der Waals surface area (Å²) in [5.41, 5.74) is 0.718.